The smallest absolute Gasteiger partial charge is 0.160 e. The van der Waals surface area contributed by atoms with E-state index in [1.54, 1.807) is 13.0 Å². The van der Waals surface area contributed by atoms with E-state index in [4.69, 9.17) is 0 Å². The van der Waals surface area contributed by atoms with E-state index in [0.29, 0.717) is 0 Å². The Hall–Kier alpha value is -1.63. The Morgan fingerprint density at radius 2 is 2.13 bits per heavy atom. The minimum Gasteiger partial charge on any atom is -0.295 e. The zero-order chi connectivity index (χ0) is 11.1. The van der Waals surface area contributed by atoms with E-state index in [2.05, 4.69) is 12.7 Å². The van der Waals surface area contributed by atoms with E-state index in [1.807, 2.05) is 30.3 Å². The van der Waals surface area contributed by atoms with Crippen molar-refractivity contribution in [3.05, 3.63) is 60.2 Å². The van der Waals surface area contributed by atoms with Crippen molar-refractivity contribution in [1.82, 2.24) is 0 Å². The molecule has 0 aromatic heterocycles. The van der Waals surface area contributed by atoms with Gasteiger partial charge in [-0.1, -0.05) is 49.1 Å². The number of aryl methyl sites for hydroxylation is 1. The van der Waals surface area contributed by atoms with Crippen LogP contribution in [0.1, 0.15) is 29.3 Å². The molecule has 78 valence electrons. The second-order valence-electron chi connectivity index (χ2n) is 3.42. The fraction of sp³-hybridized carbons (Fsp3) is 0.214. The number of hydrogen-bond acceptors (Lipinski definition) is 1. The first-order chi connectivity index (χ1) is 7.25. The van der Waals surface area contributed by atoms with Crippen LogP contribution in [0.15, 0.2) is 49.1 Å². The molecule has 0 N–H and O–H groups in total. The fourth-order valence-corrected chi connectivity index (χ4v) is 1.51. The third-order valence-electron chi connectivity index (χ3n) is 2.25. The van der Waals surface area contributed by atoms with Gasteiger partial charge in [0.1, 0.15) is 0 Å². The van der Waals surface area contributed by atoms with E-state index < -0.39 is 0 Å². The topological polar surface area (TPSA) is 17.1 Å². The maximum atomic E-state index is 11.3. The largest absolute Gasteiger partial charge is 0.295 e. The second kappa shape index (κ2) is 5.97. The number of benzene rings is 1. The molecular weight excluding hydrogens is 184 g/mol. The van der Waals surface area contributed by atoms with Crippen LogP contribution in [0.3, 0.4) is 0 Å². The summed E-state index contributed by atoms with van der Waals surface area (Å²) in [6.45, 7) is 5.22. The van der Waals surface area contributed by atoms with Crippen LogP contribution >= 0.6 is 0 Å². The Bertz CT molecular complexity index is 375. The SMILES string of the molecule is C=C/C=C/CCc1ccccc1C(C)=O. The molecule has 0 radical (unpaired) electrons. The summed E-state index contributed by atoms with van der Waals surface area (Å²) in [6, 6.07) is 7.77. The van der Waals surface area contributed by atoms with Gasteiger partial charge in [0.2, 0.25) is 0 Å². The molecule has 0 atom stereocenters. The lowest BCUT2D eigenvalue weighted by molar-refractivity contribution is 0.101. The highest BCUT2D eigenvalue weighted by Crippen LogP contribution is 2.11. The molecule has 0 bridgehead atoms. The molecule has 0 fully saturated rings. The van der Waals surface area contributed by atoms with Crippen LogP contribution in [-0.2, 0) is 6.42 Å². The third kappa shape index (κ3) is 3.55. The number of ketones is 1. The van der Waals surface area contributed by atoms with Crippen molar-refractivity contribution in [3.63, 3.8) is 0 Å². The molecule has 0 saturated heterocycles. The van der Waals surface area contributed by atoms with Gasteiger partial charge in [-0.05, 0) is 25.3 Å². The Labute approximate surface area is 91.1 Å². The Balaban J connectivity index is 2.71. The summed E-state index contributed by atoms with van der Waals surface area (Å²) in [5.74, 6) is 0.137. The lowest BCUT2D eigenvalue weighted by atomic mass is 10.0. The van der Waals surface area contributed by atoms with Gasteiger partial charge < -0.3 is 0 Å². The average Bonchev–Trinajstić information content (AvgIpc) is 2.25. The minimum absolute atomic E-state index is 0.137. The van der Waals surface area contributed by atoms with Crippen LogP contribution in [0.5, 0.6) is 0 Å². The number of hydrogen-bond donors (Lipinski definition) is 0. The maximum absolute atomic E-state index is 11.3. The molecule has 1 aromatic rings. The van der Waals surface area contributed by atoms with E-state index in [0.717, 1.165) is 24.0 Å². The molecule has 0 aliphatic carbocycles. The summed E-state index contributed by atoms with van der Waals surface area (Å²) in [4.78, 5) is 11.3. The van der Waals surface area contributed by atoms with E-state index >= 15 is 0 Å². The summed E-state index contributed by atoms with van der Waals surface area (Å²) in [6.07, 6.45) is 7.59. The van der Waals surface area contributed by atoms with Gasteiger partial charge in [-0.3, -0.25) is 4.79 Å². The molecule has 0 spiro atoms. The predicted molar refractivity (Wildman–Crippen MR) is 64.1 cm³/mol. The molecule has 15 heavy (non-hydrogen) atoms. The molecule has 1 rings (SSSR count). The van der Waals surface area contributed by atoms with Crippen LogP contribution in [0.25, 0.3) is 0 Å². The number of carbonyl (C=O) groups is 1. The monoisotopic (exact) mass is 200 g/mol. The van der Waals surface area contributed by atoms with E-state index in [1.165, 1.54) is 0 Å². The van der Waals surface area contributed by atoms with Gasteiger partial charge in [-0.15, -0.1) is 0 Å². The highest BCUT2D eigenvalue weighted by Gasteiger charge is 2.04. The highest BCUT2D eigenvalue weighted by atomic mass is 16.1. The summed E-state index contributed by atoms with van der Waals surface area (Å²) in [5.41, 5.74) is 1.96. The molecule has 0 aliphatic rings. The zero-order valence-corrected chi connectivity index (χ0v) is 9.07. The van der Waals surface area contributed by atoms with Crippen LogP contribution < -0.4 is 0 Å². The summed E-state index contributed by atoms with van der Waals surface area (Å²) in [5, 5.41) is 0. The molecule has 1 heteroatoms. The Kier molecular flexibility index (Phi) is 4.55. The predicted octanol–water partition coefficient (Wildman–Crippen LogP) is 3.56. The minimum atomic E-state index is 0.137. The molecular formula is C14H16O. The van der Waals surface area contributed by atoms with Crippen molar-refractivity contribution in [3.8, 4) is 0 Å². The normalized spacial score (nSPS) is 10.5. The number of rotatable bonds is 5. The van der Waals surface area contributed by atoms with Gasteiger partial charge >= 0.3 is 0 Å². The van der Waals surface area contributed by atoms with Gasteiger partial charge in [0.05, 0.1) is 0 Å². The Morgan fingerprint density at radius 3 is 2.80 bits per heavy atom. The van der Waals surface area contributed by atoms with Crippen molar-refractivity contribution < 1.29 is 4.79 Å². The van der Waals surface area contributed by atoms with E-state index in [-0.39, 0.29) is 5.78 Å². The zero-order valence-electron chi connectivity index (χ0n) is 9.07. The first-order valence-corrected chi connectivity index (χ1v) is 5.12. The highest BCUT2D eigenvalue weighted by molar-refractivity contribution is 5.95. The molecule has 0 unspecified atom stereocenters. The third-order valence-corrected chi connectivity index (χ3v) is 2.25. The standard InChI is InChI=1S/C14H16O/c1-3-4-5-6-9-13-10-7-8-11-14(13)12(2)15/h3-5,7-8,10-11H,1,6,9H2,2H3/b5-4+. The van der Waals surface area contributed by atoms with E-state index in [9.17, 15) is 4.79 Å². The lowest BCUT2D eigenvalue weighted by Crippen LogP contribution is -1.98. The van der Waals surface area contributed by atoms with Crippen LogP contribution in [-0.4, -0.2) is 5.78 Å². The van der Waals surface area contributed by atoms with Gasteiger partial charge in [-0.2, -0.15) is 0 Å². The van der Waals surface area contributed by atoms with Crippen LogP contribution in [0.4, 0.5) is 0 Å². The molecule has 1 nitrogen and oxygen atoms in total. The molecule has 0 amide bonds. The maximum Gasteiger partial charge on any atom is 0.160 e. The number of carbonyl (C=O) groups excluding carboxylic acids is 1. The number of Topliss-reactive ketones (excluding diaryl/α,β-unsaturated/α-hetero) is 1. The lowest BCUT2D eigenvalue weighted by Gasteiger charge is -2.04. The number of allylic oxidation sites excluding steroid dienone is 3. The Morgan fingerprint density at radius 1 is 1.40 bits per heavy atom. The average molecular weight is 200 g/mol. The molecule has 0 saturated carbocycles. The fourth-order valence-electron chi connectivity index (χ4n) is 1.51. The summed E-state index contributed by atoms with van der Waals surface area (Å²) < 4.78 is 0. The van der Waals surface area contributed by atoms with Gasteiger partial charge in [0.25, 0.3) is 0 Å². The van der Waals surface area contributed by atoms with Crippen molar-refractivity contribution in [2.45, 2.75) is 19.8 Å². The van der Waals surface area contributed by atoms with Gasteiger partial charge in [0.15, 0.2) is 5.78 Å². The van der Waals surface area contributed by atoms with Gasteiger partial charge in [-0.25, -0.2) is 0 Å². The molecule has 1 aromatic carbocycles. The molecule has 0 aliphatic heterocycles. The van der Waals surface area contributed by atoms with Crippen molar-refractivity contribution in [2.75, 3.05) is 0 Å². The van der Waals surface area contributed by atoms with Crippen molar-refractivity contribution in [1.29, 1.82) is 0 Å². The van der Waals surface area contributed by atoms with Crippen LogP contribution in [0, 0.1) is 0 Å². The summed E-state index contributed by atoms with van der Waals surface area (Å²) in [7, 11) is 0. The quantitative estimate of drug-likeness (QED) is 0.524. The first kappa shape index (κ1) is 11.4. The van der Waals surface area contributed by atoms with Crippen molar-refractivity contribution in [2.24, 2.45) is 0 Å². The van der Waals surface area contributed by atoms with Crippen molar-refractivity contribution >= 4 is 5.78 Å². The summed E-state index contributed by atoms with van der Waals surface area (Å²) >= 11 is 0. The second-order valence-corrected chi connectivity index (χ2v) is 3.42. The first-order valence-electron chi connectivity index (χ1n) is 5.12. The van der Waals surface area contributed by atoms with Crippen LogP contribution in [0.2, 0.25) is 0 Å². The molecule has 0 heterocycles. The van der Waals surface area contributed by atoms with Gasteiger partial charge in [0, 0.05) is 5.56 Å².